The number of rotatable bonds is 3. The lowest BCUT2D eigenvalue weighted by Crippen LogP contribution is -2.20. The number of halogens is 5. The van der Waals surface area contributed by atoms with E-state index in [0.717, 1.165) is 0 Å². The molecule has 0 aliphatic heterocycles. The molecule has 19 heavy (non-hydrogen) atoms. The standard InChI is InChI=1S/C8H4F5N3O3/c9-6(10)2-1-3(7(14)17)15-5(8(11,12)13)4(2)16(18)19/h1,6H,(H2,14,17). The number of primary amides is 1. The van der Waals surface area contributed by atoms with Gasteiger partial charge in [-0.25, -0.2) is 13.8 Å². The van der Waals surface area contributed by atoms with Gasteiger partial charge in [-0.3, -0.25) is 14.9 Å². The van der Waals surface area contributed by atoms with Crippen LogP contribution in [0.2, 0.25) is 0 Å². The monoisotopic (exact) mass is 285 g/mol. The second-order valence-electron chi connectivity index (χ2n) is 3.21. The van der Waals surface area contributed by atoms with Crippen molar-refractivity contribution < 1.29 is 31.7 Å². The molecule has 0 radical (unpaired) electrons. The van der Waals surface area contributed by atoms with Crippen molar-refractivity contribution in [3.8, 4) is 0 Å². The van der Waals surface area contributed by atoms with E-state index in [9.17, 15) is 36.9 Å². The number of alkyl halides is 5. The molecule has 1 aromatic heterocycles. The third-order valence-electron chi connectivity index (χ3n) is 1.96. The summed E-state index contributed by atoms with van der Waals surface area (Å²) in [5, 5.41) is 10.5. The Morgan fingerprint density at radius 2 is 1.95 bits per heavy atom. The summed E-state index contributed by atoms with van der Waals surface area (Å²) < 4.78 is 62.7. The molecule has 0 spiro atoms. The van der Waals surface area contributed by atoms with E-state index in [0.29, 0.717) is 0 Å². The van der Waals surface area contributed by atoms with Crippen LogP contribution in [0.15, 0.2) is 6.07 Å². The number of pyridine rings is 1. The van der Waals surface area contributed by atoms with E-state index >= 15 is 0 Å². The van der Waals surface area contributed by atoms with Crippen molar-refractivity contribution in [1.29, 1.82) is 0 Å². The van der Waals surface area contributed by atoms with Crippen molar-refractivity contribution in [2.24, 2.45) is 5.73 Å². The van der Waals surface area contributed by atoms with Gasteiger partial charge in [0.1, 0.15) is 11.3 Å². The summed E-state index contributed by atoms with van der Waals surface area (Å²) in [7, 11) is 0. The molecule has 0 aliphatic rings. The van der Waals surface area contributed by atoms with Crippen molar-refractivity contribution >= 4 is 11.6 Å². The first-order chi connectivity index (χ1) is 8.55. The molecule has 0 atom stereocenters. The van der Waals surface area contributed by atoms with Crippen molar-refractivity contribution in [2.75, 3.05) is 0 Å². The molecule has 0 fully saturated rings. The Kier molecular flexibility index (Phi) is 3.68. The van der Waals surface area contributed by atoms with E-state index in [-0.39, 0.29) is 6.07 Å². The third kappa shape index (κ3) is 2.92. The van der Waals surface area contributed by atoms with Crippen LogP contribution in [-0.2, 0) is 6.18 Å². The van der Waals surface area contributed by atoms with Gasteiger partial charge in [-0.05, 0) is 6.07 Å². The minimum Gasteiger partial charge on any atom is -0.364 e. The maximum atomic E-state index is 12.5. The Hall–Kier alpha value is -2.33. The molecule has 0 aliphatic carbocycles. The van der Waals surface area contributed by atoms with Crippen LogP contribution in [0, 0.1) is 10.1 Å². The normalized spacial score (nSPS) is 11.7. The van der Waals surface area contributed by atoms with Crippen LogP contribution in [0.5, 0.6) is 0 Å². The first-order valence-electron chi connectivity index (χ1n) is 4.40. The predicted molar refractivity (Wildman–Crippen MR) is 49.4 cm³/mol. The van der Waals surface area contributed by atoms with Crippen LogP contribution < -0.4 is 5.73 Å². The molecular weight excluding hydrogens is 281 g/mol. The molecule has 0 saturated carbocycles. The van der Waals surface area contributed by atoms with E-state index in [1.165, 1.54) is 0 Å². The van der Waals surface area contributed by atoms with Gasteiger partial charge in [0.25, 0.3) is 12.3 Å². The molecule has 0 aromatic carbocycles. The minimum atomic E-state index is -5.38. The highest BCUT2D eigenvalue weighted by molar-refractivity contribution is 5.91. The summed E-state index contributed by atoms with van der Waals surface area (Å²) in [6, 6.07) is 0.167. The van der Waals surface area contributed by atoms with Crippen molar-refractivity contribution in [3.05, 3.63) is 33.1 Å². The number of carbonyl (C=O) groups excluding carboxylic acids is 1. The number of hydrogen-bond donors (Lipinski definition) is 1. The van der Waals surface area contributed by atoms with E-state index in [4.69, 9.17) is 0 Å². The van der Waals surface area contributed by atoms with Crippen molar-refractivity contribution in [2.45, 2.75) is 12.6 Å². The maximum absolute atomic E-state index is 12.5. The van der Waals surface area contributed by atoms with E-state index in [2.05, 4.69) is 10.7 Å². The molecule has 0 unspecified atom stereocenters. The molecule has 1 amide bonds. The smallest absolute Gasteiger partial charge is 0.364 e. The van der Waals surface area contributed by atoms with Gasteiger partial charge in [-0.2, -0.15) is 13.2 Å². The van der Waals surface area contributed by atoms with E-state index in [1.807, 2.05) is 0 Å². The second kappa shape index (κ2) is 4.74. The Morgan fingerprint density at radius 1 is 1.42 bits per heavy atom. The fourth-order valence-electron chi connectivity index (χ4n) is 1.24. The SMILES string of the molecule is NC(=O)c1cc(C(F)F)c([N+](=O)[O-])c(C(F)(F)F)n1. The van der Waals surface area contributed by atoms with Crippen LogP contribution in [0.1, 0.15) is 28.2 Å². The largest absolute Gasteiger partial charge is 0.440 e. The molecule has 2 N–H and O–H groups in total. The highest BCUT2D eigenvalue weighted by atomic mass is 19.4. The van der Waals surface area contributed by atoms with Crippen LogP contribution in [0.3, 0.4) is 0 Å². The highest BCUT2D eigenvalue weighted by Crippen LogP contribution is 2.40. The summed E-state index contributed by atoms with van der Waals surface area (Å²) in [5.74, 6) is -1.51. The predicted octanol–water partition coefficient (Wildman–Crippen LogP) is 2.05. The second-order valence-corrected chi connectivity index (χ2v) is 3.21. The summed E-state index contributed by atoms with van der Waals surface area (Å²) >= 11 is 0. The van der Waals surface area contributed by atoms with E-state index < -0.39 is 46.1 Å². The number of aromatic nitrogens is 1. The highest BCUT2D eigenvalue weighted by Gasteiger charge is 2.44. The van der Waals surface area contributed by atoms with Crippen LogP contribution in [-0.4, -0.2) is 15.8 Å². The quantitative estimate of drug-likeness (QED) is 0.521. The topological polar surface area (TPSA) is 99.1 Å². The lowest BCUT2D eigenvalue weighted by molar-refractivity contribution is -0.390. The Morgan fingerprint density at radius 3 is 2.26 bits per heavy atom. The number of nitrogens with zero attached hydrogens (tertiary/aromatic N) is 2. The Balaban J connectivity index is 3.76. The first kappa shape index (κ1) is 14.7. The fourth-order valence-corrected chi connectivity index (χ4v) is 1.24. The van der Waals surface area contributed by atoms with Crippen molar-refractivity contribution in [1.82, 2.24) is 4.98 Å². The molecule has 1 aromatic rings. The van der Waals surface area contributed by atoms with Gasteiger partial charge in [-0.15, -0.1) is 0 Å². The third-order valence-corrected chi connectivity index (χ3v) is 1.96. The van der Waals surface area contributed by atoms with Gasteiger partial charge in [0.05, 0.1) is 4.92 Å². The number of hydrogen-bond acceptors (Lipinski definition) is 4. The maximum Gasteiger partial charge on any atom is 0.440 e. The van der Waals surface area contributed by atoms with Gasteiger partial charge in [0.2, 0.25) is 5.69 Å². The molecule has 6 nitrogen and oxygen atoms in total. The molecule has 1 heterocycles. The number of carbonyl (C=O) groups is 1. The van der Waals surface area contributed by atoms with Gasteiger partial charge in [-0.1, -0.05) is 0 Å². The van der Waals surface area contributed by atoms with Gasteiger partial charge >= 0.3 is 11.9 Å². The summed E-state index contributed by atoms with van der Waals surface area (Å²) in [6.45, 7) is 0. The number of nitro groups is 1. The first-order valence-corrected chi connectivity index (χ1v) is 4.40. The Bertz CT molecular complexity index is 543. The average Bonchev–Trinajstić information content (AvgIpc) is 2.25. The molecule has 104 valence electrons. The van der Waals surface area contributed by atoms with Crippen molar-refractivity contribution in [3.63, 3.8) is 0 Å². The molecular formula is C8H4F5N3O3. The number of nitrogens with two attached hydrogens (primary N) is 1. The zero-order valence-corrected chi connectivity index (χ0v) is 8.74. The van der Waals surface area contributed by atoms with Crippen LogP contribution >= 0.6 is 0 Å². The summed E-state index contributed by atoms with van der Waals surface area (Å²) in [4.78, 5) is 22.2. The fraction of sp³-hybridized carbons (Fsp3) is 0.250. The average molecular weight is 285 g/mol. The van der Waals surface area contributed by atoms with Gasteiger partial charge < -0.3 is 5.73 Å². The molecule has 11 heteroatoms. The minimum absolute atomic E-state index is 0.167. The zero-order chi connectivity index (χ0) is 15.0. The number of amides is 1. The van der Waals surface area contributed by atoms with Crippen LogP contribution in [0.25, 0.3) is 0 Å². The molecule has 1 rings (SSSR count). The van der Waals surface area contributed by atoms with E-state index in [1.54, 1.807) is 0 Å². The van der Waals surface area contributed by atoms with Gasteiger partial charge in [0, 0.05) is 0 Å². The van der Waals surface area contributed by atoms with Crippen LogP contribution in [0.4, 0.5) is 27.6 Å². The lowest BCUT2D eigenvalue weighted by atomic mass is 10.1. The summed E-state index contributed by atoms with van der Waals surface area (Å²) in [6.07, 6.45) is -8.97. The molecule has 0 saturated heterocycles. The Labute approximate surface area is 101 Å². The zero-order valence-electron chi connectivity index (χ0n) is 8.74. The van der Waals surface area contributed by atoms with Gasteiger partial charge in [0.15, 0.2) is 0 Å². The molecule has 0 bridgehead atoms. The summed E-state index contributed by atoms with van der Waals surface area (Å²) in [5.41, 5.74) is -2.15. The lowest BCUT2D eigenvalue weighted by Gasteiger charge is -2.10.